The van der Waals surface area contributed by atoms with Gasteiger partial charge in [-0.1, -0.05) is 42.5 Å². The lowest BCUT2D eigenvalue weighted by atomic mass is 9.82. The molecule has 1 saturated carbocycles. The number of pyridine rings is 1. The third-order valence-corrected chi connectivity index (χ3v) is 6.74. The first-order valence-corrected chi connectivity index (χ1v) is 12.4. The smallest absolute Gasteiger partial charge is 0.377 e. The maximum atomic E-state index is 13.3. The zero-order valence-corrected chi connectivity index (χ0v) is 20.5. The molecule has 1 fully saturated rings. The third-order valence-electron chi connectivity index (χ3n) is 6.74. The van der Waals surface area contributed by atoms with Crippen LogP contribution in [0, 0.1) is 11.8 Å². The monoisotopic (exact) mass is 488 g/mol. The van der Waals surface area contributed by atoms with Crippen LogP contribution in [0.5, 0.6) is 0 Å². The SMILES string of the molecule is CC(=O)OC(=O)NCC1CCC(CNC(=O)c2cc(-c3ccc(CN)cc3)nc3ccccc23)CC1. The average molecular weight is 489 g/mol. The second-order valence-electron chi connectivity index (χ2n) is 9.33. The standard InChI is InChI=1S/C28H32N4O4/c1-18(33)36-28(35)31-17-21-8-6-20(7-9-21)16-30-27(34)24-14-26(22-12-10-19(15-29)11-13-22)32-25-5-3-2-4-23(24)25/h2-5,10-14,20-21H,6-9,15-17,29H2,1H3,(H,30,34)(H,31,35). The fourth-order valence-electron chi connectivity index (χ4n) is 4.69. The van der Waals surface area contributed by atoms with Crippen LogP contribution in [0.15, 0.2) is 54.6 Å². The molecule has 36 heavy (non-hydrogen) atoms. The van der Waals surface area contributed by atoms with E-state index in [-0.39, 0.29) is 5.91 Å². The highest BCUT2D eigenvalue weighted by Crippen LogP contribution is 2.29. The number of aromatic nitrogens is 1. The van der Waals surface area contributed by atoms with Gasteiger partial charge in [-0.2, -0.15) is 0 Å². The number of benzene rings is 2. The molecule has 188 valence electrons. The number of para-hydroxylation sites is 1. The molecular weight excluding hydrogens is 456 g/mol. The van der Waals surface area contributed by atoms with E-state index in [1.807, 2.05) is 54.6 Å². The van der Waals surface area contributed by atoms with Crippen LogP contribution in [0.2, 0.25) is 0 Å². The summed E-state index contributed by atoms with van der Waals surface area (Å²) in [6, 6.07) is 17.5. The molecule has 0 atom stereocenters. The van der Waals surface area contributed by atoms with Crippen LogP contribution in [0.3, 0.4) is 0 Å². The topological polar surface area (TPSA) is 123 Å². The number of hydrogen-bond acceptors (Lipinski definition) is 6. The van der Waals surface area contributed by atoms with Crippen LogP contribution in [-0.2, 0) is 16.1 Å². The fraction of sp³-hybridized carbons (Fsp3) is 0.357. The molecule has 1 aromatic heterocycles. The highest BCUT2D eigenvalue weighted by molar-refractivity contribution is 6.07. The molecule has 0 radical (unpaired) electrons. The Balaban J connectivity index is 1.37. The number of carbonyl (C=O) groups is 3. The van der Waals surface area contributed by atoms with E-state index < -0.39 is 12.1 Å². The summed E-state index contributed by atoms with van der Waals surface area (Å²) in [5.41, 5.74) is 9.83. The van der Waals surface area contributed by atoms with Crippen molar-refractivity contribution in [3.8, 4) is 11.3 Å². The van der Waals surface area contributed by atoms with E-state index in [4.69, 9.17) is 10.7 Å². The van der Waals surface area contributed by atoms with Gasteiger partial charge < -0.3 is 21.1 Å². The molecule has 4 rings (SSSR count). The summed E-state index contributed by atoms with van der Waals surface area (Å²) >= 11 is 0. The van der Waals surface area contributed by atoms with E-state index in [1.54, 1.807) is 0 Å². The highest BCUT2D eigenvalue weighted by atomic mass is 16.6. The van der Waals surface area contributed by atoms with E-state index in [0.717, 1.165) is 53.4 Å². The maximum absolute atomic E-state index is 13.3. The average Bonchev–Trinajstić information content (AvgIpc) is 2.90. The van der Waals surface area contributed by atoms with Gasteiger partial charge in [0.2, 0.25) is 0 Å². The number of carbonyl (C=O) groups excluding carboxylic acids is 3. The molecule has 8 heteroatoms. The van der Waals surface area contributed by atoms with Gasteiger partial charge in [0, 0.05) is 37.5 Å². The normalized spacial score (nSPS) is 17.4. The van der Waals surface area contributed by atoms with Gasteiger partial charge in [0.15, 0.2) is 0 Å². The Bertz CT molecular complexity index is 1230. The lowest BCUT2D eigenvalue weighted by Crippen LogP contribution is -2.35. The summed E-state index contributed by atoms with van der Waals surface area (Å²) in [5, 5.41) is 6.61. The van der Waals surface area contributed by atoms with Crippen molar-refractivity contribution in [1.82, 2.24) is 15.6 Å². The molecule has 2 amide bonds. The van der Waals surface area contributed by atoms with Crippen LogP contribution in [0.1, 0.15) is 48.5 Å². The fourth-order valence-corrected chi connectivity index (χ4v) is 4.69. The first kappa shape index (κ1) is 25.3. The zero-order valence-electron chi connectivity index (χ0n) is 20.5. The molecule has 3 aromatic rings. The number of hydrogen-bond donors (Lipinski definition) is 3. The lowest BCUT2D eigenvalue weighted by Gasteiger charge is -2.28. The van der Waals surface area contributed by atoms with Gasteiger partial charge in [-0.3, -0.25) is 9.59 Å². The van der Waals surface area contributed by atoms with Gasteiger partial charge in [0.1, 0.15) is 0 Å². The van der Waals surface area contributed by atoms with Crippen molar-refractivity contribution >= 4 is 28.9 Å². The summed E-state index contributed by atoms with van der Waals surface area (Å²) in [5.74, 6) is -0.00527. The van der Waals surface area contributed by atoms with E-state index in [0.29, 0.717) is 37.0 Å². The first-order valence-electron chi connectivity index (χ1n) is 12.4. The zero-order chi connectivity index (χ0) is 25.5. The summed E-state index contributed by atoms with van der Waals surface area (Å²) in [6.45, 7) is 2.77. The van der Waals surface area contributed by atoms with Crippen LogP contribution < -0.4 is 16.4 Å². The Morgan fingerprint density at radius 2 is 1.58 bits per heavy atom. The Kier molecular flexibility index (Phi) is 8.28. The van der Waals surface area contributed by atoms with Gasteiger partial charge >= 0.3 is 12.1 Å². The summed E-state index contributed by atoms with van der Waals surface area (Å²) in [7, 11) is 0. The predicted octanol–water partition coefficient (Wildman–Crippen LogP) is 4.17. The third kappa shape index (κ3) is 6.46. The highest BCUT2D eigenvalue weighted by Gasteiger charge is 2.23. The quantitative estimate of drug-likeness (QED) is 0.339. The second-order valence-corrected chi connectivity index (χ2v) is 9.33. The molecular formula is C28H32N4O4. The van der Waals surface area contributed by atoms with Crippen LogP contribution in [0.4, 0.5) is 4.79 Å². The van der Waals surface area contributed by atoms with E-state index >= 15 is 0 Å². The van der Waals surface area contributed by atoms with E-state index in [9.17, 15) is 14.4 Å². The van der Waals surface area contributed by atoms with Gasteiger partial charge in [-0.25, -0.2) is 9.78 Å². The number of nitrogens with zero attached hydrogens (tertiary/aromatic N) is 1. The van der Waals surface area contributed by atoms with Crippen molar-refractivity contribution in [3.63, 3.8) is 0 Å². The molecule has 4 N–H and O–H groups in total. The number of ether oxygens (including phenoxy) is 1. The van der Waals surface area contributed by atoms with Crippen molar-refractivity contribution in [2.75, 3.05) is 13.1 Å². The van der Waals surface area contributed by atoms with Gasteiger partial charge in [0.25, 0.3) is 5.91 Å². The van der Waals surface area contributed by atoms with E-state index in [2.05, 4.69) is 15.4 Å². The summed E-state index contributed by atoms with van der Waals surface area (Å²) in [6.07, 6.45) is 3.12. The molecule has 0 saturated heterocycles. The Hall–Kier alpha value is -3.78. The minimum absolute atomic E-state index is 0.107. The van der Waals surface area contributed by atoms with Gasteiger partial charge in [-0.05, 0) is 55.2 Å². The molecule has 1 aliphatic rings. The van der Waals surface area contributed by atoms with Crippen molar-refractivity contribution < 1.29 is 19.1 Å². The number of alkyl carbamates (subject to hydrolysis) is 1. The molecule has 0 unspecified atom stereocenters. The van der Waals surface area contributed by atoms with Gasteiger partial charge in [0.05, 0.1) is 16.8 Å². The van der Waals surface area contributed by atoms with Crippen molar-refractivity contribution in [2.24, 2.45) is 17.6 Å². The maximum Gasteiger partial charge on any atom is 0.414 e. The molecule has 0 spiro atoms. The summed E-state index contributed by atoms with van der Waals surface area (Å²) < 4.78 is 4.50. The van der Waals surface area contributed by atoms with Crippen LogP contribution >= 0.6 is 0 Å². The number of amides is 2. The number of esters is 1. The largest absolute Gasteiger partial charge is 0.414 e. The number of nitrogens with two attached hydrogens (primary N) is 1. The molecule has 8 nitrogen and oxygen atoms in total. The Morgan fingerprint density at radius 3 is 2.22 bits per heavy atom. The Morgan fingerprint density at radius 1 is 0.944 bits per heavy atom. The summed E-state index contributed by atoms with van der Waals surface area (Å²) in [4.78, 5) is 40.4. The first-order chi connectivity index (χ1) is 17.4. The van der Waals surface area contributed by atoms with Gasteiger partial charge in [-0.15, -0.1) is 0 Å². The second kappa shape index (κ2) is 11.8. The van der Waals surface area contributed by atoms with Crippen molar-refractivity contribution in [3.05, 3.63) is 65.7 Å². The van der Waals surface area contributed by atoms with E-state index in [1.165, 1.54) is 6.92 Å². The van der Waals surface area contributed by atoms with Crippen LogP contribution in [-0.4, -0.2) is 36.0 Å². The molecule has 0 bridgehead atoms. The molecule has 1 heterocycles. The molecule has 2 aromatic carbocycles. The minimum atomic E-state index is -0.698. The Labute approximate surface area is 210 Å². The number of rotatable bonds is 7. The number of fused-ring (bicyclic) bond motifs is 1. The predicted molar refractivity (Wildman–Crippen MR) is 138 cm³/mol. The van der Waals surface area contributed by atoms with Crippen molar-refractivity contribution in [1.29, 1.82) is 0 Å². The van der Waals surface area contributed by atoms with Crippen molar-refractivity contribution in [2.45, 2.75) is 39.2 Å². The van der Waals surface area contributed by atoms with Crippen LogP contribution in [0.25, 0.3) is 22.2 Å². The lowest BCUT2D eigenvalue weighted by molar-refractivity contribution is -0.134. The minimum Gasteiger partial charge on any atom is -0.377 e. The molecule has 0 aliphatic heterocycles. The number of nitrogens with one attached hydrogen (secondary N) is 2. The molecule has 1 aliphatic carbocycles.